The van der Waals surface area contributed by atoms with Crippen molar-refractivity contribution in [1.82, 2.24) is 15.5 Å². The summed E-state index contributed by atoms with van der Waals surface area (Å²) in [6.45, 7) is 7.65. The number of carbonyl (C=O) groups excluding carboxylic acids is 1. The Labute approximate surface area is 112 Å². The van der Waals surface area contributed by atoms with Gasteiger partial charge in [-0.2, -0.15) is 0 Å². The van der Waals surface area contributed by atoms with Gasteiger partial charge in [-0.25, -0.2) is 0 Å². The summed E-state index contributed by atoms with van der Waals surface area (Å²) in [6, 6.07) is 0.00781. The third-order valence-electron chi connectivity index (χ3n) is 3.31. The Balaban J connectivity index is 2.31. The van der Waals surface area contributed by atoms with Gasteiger partial charge in [-0.1, -0.05) is 0 Å². The molecule has 0 aromatic carbocycles. The molecule has 0 aromatic heterocycles. The first-order valence-electron chi connectivity index (χ1n) is 6.56. The number of carbonyl (C=O) groups is 1. The van der Waals surface area contributed by atoms with Crippen LogP contribution in [0.4, 0.5) is 0 Å². The number of nitrogens with one attached hydrogen (secondary N) is 2. The number of piperazine rings is 1. The van der Waals surface area contributed by atoms with Crippen molar-refractivity contribution in [3.05, 3.63) is 0 Å². The second kappa shape index (κ2) is 7.86. The normalized spacial score (nSPS) is 22.2. The maximum atomic E-state index is 12.0. The Morgan fingerprint density at radius 1 is 1.39 bits per heavy atom. The smallest absolute Gasteiger partial charge is 0.237 e. The Morgan fingerprint density at radius 3 is 2.56 bits per heavy atom. The molecule has 1 saturated heterocycles. The standard InChI is InChI=1S/C12H25N3O2S/c1-10(4-9-18(3)17)14-12(16)11(2)15-7-5-13-6-8-15/h10-11,13H,4-9H2,1-3H3,(H,14,16). The molecule has 6 heteroatoms. The Kier molecular flexibility index (Phi) is 6.81. The van der Waals surface area contributed by atoms with E-state index in [4.69, 9.17) is 0 Å². The molecule has 1 fully saturated rings. The van der Waals surface area contributed by atoms with Crippen molar-refractivity contribution in [2.75, 3.05) is 38.2 Å². The van der Waals surface area contributed by atoms with E-state index in [1.807, 2.05) is 13.8 Å². The van der Waals surface area contributed by atoms with Crippen LogP contribution in [0, 0.1) is 0 Å². The van der Waals surface area contributed by atoms with E-state index in [9.17, 15) is 9.00 Å². The third kappa shape index (κ3) is 5.46. The van der Waals surface area contributed by atoms with Crippen molar-refractivity contribution >= 4 is 16.7 Å². The molecule has 18 heavy (non-hydrogen) atoms. The predicted octanol–water partition coefficient (Wildman–Crippen LogP) is -0.447. The van der Waals surface area contributed by atoms with Crippen molar-refractivity contribution in [1.29, 1.82) is 0 Å². The molecule has 106 valence electrons. The molecule has 0 spiro atoms. The van der Waals surface area contributed by atoms with E-state index < -0.39 is 10.8 Å². The van der Waals surface area contributed by atoms with E-state index >= 15 is 0 Å². The van der Waals surface area contributed by atoms with Gasteiger partial charge in [0.15, 0.2) is 0 Å². The van der Waals surface area contributed by atoms with Gasteiger partial charge in [0.1, 0.15) is 0 Å². The lowest BCUT2D eigenvalue weighted by atomic mass is 10.2. The van der Waals surface area contributed by atoms with Crippen LogP contribution >= 0.6 is 0 Å². The summed E-state index contributed by atoms with van der Waals surface area (Å²) in [5, 5.41) is 6.27. The lowest BCUT2D eigenvalue weighted by molar-refractivity contribution is -0.126. The van der Waals surface area contributed by atoms with E-state index in [1.165, 1.54) is 0 Å². The quantitative estimate of drug-likeness (QED) is 0.689. The Morgan fingerprint density at radius 2 is 2.00 bits per heavy atom. The average molecular weight is 275 g/mol. The molecule has 2 N–H and O–H groups in total. The first-order chi connectivity index (χ1) is 8.50. The monoisotopic (exact) mass is 275 g/mol. The lowest BCUT2D eigenvalue weighted by Gasteiger charge is -2.32. The number of rotatable bonds is 6. The molecule has 0 bridgehead atoms. The van der Waals surface area contributed by atoms with Crippen LogP contribution in [-0.4, -0.2) is 65.3 Å². The number of hydrogen-bond acceptors (Lipinski definition) is 4. The molecule has 0 saturated carbocycles. The first kappa shape index (κ1) is 15.6. The zero-order valence-corrected chi connectivity index (χ0v) is 12.4. The molecule has 3 unspecified atom stereocenters. The predicted molar refractivity (Wildman–Crippen MR) is 75.1 cm³/mol. The van der Waals surface area contributed by atoms with Gasteiger partial charge in [0.05, 0.1) is 6.04 Å². The molecular weight excluding hydrogens is 250 g/mol. The second-order valence-electron chi connectivity index (χ2n) is 4.94. The summed E-state index contributed by atoms with van der Waals surface area (Å²) < 4.78 is 11.0. The molecule has 0 radical (unpaired) electrons. The van der Waals surface area contributed by atoms with Gasteiger partial charge in [-0.05, 0) is 20.3 Å². The van der Waals surface area contributed by atoms with Crippen LogP contribution in [0.15, 0.2) is 0 Å². The number of nitrogens with zero attached hydrogens (tertiary/aromatic N) is 1. The fourth-order valence-corrected chi connectivity index (χ4v) is 2.70. The molecule has 1 rings (SSSR count). The third-order valence-corrected chi connectivity index (χ3v) is 4.12. The van der Waals surface area contributed by atoms with E-state index in [2.05, 4.69) is 15.5 Å². The minimum atomic E-state index is -0.786. The van der Waals surface area contributed by atoms with E-state index in [1.54, 1.807) is 6.26 Å². The van der Waals surface area contributed by atoms with Gasteiger partial charge in [-0.15, -0.1) is 0 Å². The maximum absolute atomic E-state index is 12.0. The topological polar surface area (TPSA) is 61.4 Å². The lowest BCUT2D eigenvalue weighted by Crippen LogP contribution is -2.53. The zero-order chi connectivity index (χ0) is 13.5. The molecule has 1 heterocycles. The van der Waals surface area contributed by atoms with Crippen LogP contribution in [0.3, 0.4) is 0 Å². The van der Waals surface area contributed by atoms with E-state index in [-0.39, 0.29) is 18.0 Å². The summed E-state index contributed by atoms with van der Waals surface area (Å²) >= 11 is 0. The van der Waals surface area contributed by atoms with Crippen LogP contribution in [0.25, 0.3) is 0 Å². The van der Waals surface area contributed by atoms with Gasteiger partial charge in [0.25, 0.3) is 0 Å². The van der Waals surface area contributed by atoms with Crippen molar-refractivity contribution in [3.8, 4) is 0 Å². The van der Waals surface area contributed by atoms with Crippen LogP contribution in [0.5, 0.6) is 0 Å². The van der Waals surface area contributed by atoms with Crippen molar-refractivity contribution in [2.24, 2.45) is 0 Å². The summed E-state index contributed by atoms with van der Waals surface area (Å²) in [6.07, 6.45) is 2.46. The van der Waals surface area contributed by atoms with Gasteiger partial charge in [-0.3, -0.25) is 13.9 Å². The first-order valence-corrected chi connectivity index (χ1v) is 8.28. The Hall–Kier alpha value is -0.460. The van der Waals surface area contributed by atoms with Crippen LogP contribution in [-0.2, 0) is 15.6 Å². The average Bonchev–Trinajstić information content (AvgIpc) is 2.36. The summed E-state index contributed by atoms with van der Waals surface area (Å²) in [7, 11) is -0.786. The van der Waals surface area contributed by atoms with Crippen LogP contribution in [0.1, 0.15) is 20.3 Å². The molecular formula is C12H25N3O2S. The van der Waals surface area contributed by atoms with Gasteiger partial charge < -0.3 is 10.6 Å². The SMILES string of the molecule is CC(CCS(C)=O)NC(=O)C(C)N1CCNCC1. The fourth-order valence-electron chi connectivity index (χ4n) is 2.01. The highest BCUT2D eigenvalue weighted by molar-refractivity contribution is 7.84. The van der Waals surface area contributed by atoms with E-state index in [0.717, 1.165) is 32.6 Å². The molecule has 1 aliphatic heterocycles. The highest BCUT2D eigenvalue weighted by atomic mass is 32.2. The highest BCUT2D eigenvalue weighted by Crippen LogP contribution is 2.02. The van der Waals surface area contributed by atoms with Gasteiger partial charge in [0, 0.05) is 55.0 Å². The number of hydrogen-bond donors (Lipinski definition) is 2. The zero-order valence-electron chi connectivity index (χ0n) is 11.6. The molecule has 3 atom stereocenters. The molecule has 1 aliphatic rings. The molecule has 0 aromatic rings. The summed E-state index contributed by atoms with van der Waals surface area (Å²) in [5.41, 5.74) is 0. The van der Waals surface area contributed by atoms with Crippen LogP contribution in [0.2, 0.25) is 0 Å². The summed E-state index contributed by atoms with van der Waals surface area (Å²) in [5.74, 6) is 0.718. The van der Waals surface area contributed by atoms with Gasteiger partial charge >= 0.3 is 0 Å². The molecule has 5 nitrogen and oxygen atoms in total. The highest BCUT2D eigenvalue weighted by Gasteiger charge is 2.23. The van der Waals surface area contributed by atoms with Crippen molar-refractivity contribution < 1.29 is 9.00 Å². The largest absolute Gasteiger partial charge is 0.352 e. The fraction of sp³-hybridized carbons (Fsp3) is 0.917. The minimum Gasteiger partial charge on any atom is -0.352 e. The molecule has 0 aliphatic carbocycles. The van der Waals surface area contributed by atoms with Gasteiger partial charge in [0.2, 0.25) is 5.91 Å². The van der Waals surface area contributed by atoms with Crippen molar-refractivity contribution in [2.45, 2.75) is 32.4 Å². The maximum Gasteiger partial charge on any atom is 0.237 e. The Bertz CT molecular complexity index is 293. The van der Waals surface area contributed by atoms with E-state index in [0.29, 0.717) is 5.75 Å². The van der Waals surface area contributed by atoms with Crippen LogP contribution < -0.4 is 10.6 Å². The molecule has 1 amide bonds. The number of amides is 1. The second-order valence-corrected chi connectivity index (χ2v) is 6.49. The van der Waals surface area contributed by atoms with Crippen molar-refractivity contribution in [3.63, 3.8) is 0 Å². The minimum absolute atomic E-state index is 0.0753. The summed E-state index contributed by atoms with van der Waals surface area (Å²) in [4.78, 5) is 14.2.